The average molecular weight is 494 g/mol. The molecule has 0 N–H and O–H groups in total. The third kappa shape index (κ3) is 4.14. The van der Waals surface area contributed by atoms with Gasteiger partial charge in [-0.3, -0.25) is 19.4 Å². The fourth-order valence-corrected chi connectivity index (χ4v) is 4.92. The maximum atomic E-state index is 13.9. The van der Waals surface area contributed by atoms with Crippen LogP contribution in [0.4, 0.5) is 11.4 Å². The molecule has 180 valence electrons. The highest BCUT2D eigenvalue weighted by molar-refractivity contribution is 7.81. The molecule has 1 aliphatic heterocycles. The summed E-state index contributed by atoms with van der Waals surface area (Å²) in [6, 6.07) is 23.2. The van der Waals surface area contributed by atoms with Gasteiger partial charge in [0.05, 0.1) is 11.4 Å². The number of carbonyl (C=O) groups is 2. The number of fused-ring (bicyclic) bond motifs is 1. The van der Waals surface area contributed by atoms with Crippen LogP contribution in [0.2, 0.25) is 0 Å². The molecule has 1 aliphatic rings. The van der Waals surface area contributed by atoms with Crippen molar-refractivity contribution in [2.75, 3.05) is 9.80 Å². The minimum absolute atomic E-state index is 0.0733. The molecule has 1 saturated heterocycles. The fraction of sp³-hybridized carbons (Fsp3) is 0.167. The number of nitrogens with zero attached hydrogens (tertiary/aromatic N) is 3. The first-order chi connectivity index (χ1) is 17.4. The molecule has 3 aromatic carbocycles. The monoisotopic (exact) mass is 493 g/mol. The van der Waals surface area contributed by atoms with Crippen LogP contribution in [0.5, 0.6) is 0 Å². The van der Waals surface area contributed by atoms with Gasteiger partial charge in [0.2, 0.25) is 0 Å². The molecular weight excluding hydrogens is 466 g/mol. The SMILES string of the molecule is CCCn1cc(C=C2C(=O)N(c3ccc(C)cc3)C(=S)N(c3ccc(C)cc3)C2=O)c2ccccc21. The second-order valence-electron chi connectivity index (χ2n) is 9.09. The molecule has 0 spiro atoms. The van der Waals surface area contributed by atoms with Crippen molar-refractivity contribution in [1.29, 1.82) is 0 Å². The number of carbonyl (C=O) groups excluding carboxylic acids is 2. The number of hydrogen-bond donors (Lipinski definition) is 0. The van der Waals surface area contributed by atoms with E-state index in [1.807, 2.05) is 86.8 Å². The molecule has 4 aromatic rings. The van der Waals surface area contributed by atoms with E-state index >= 15 is 0 Å². The van der Waals surface area contributed by atoms with E-state index in [0.717, 1.165) is 40.6 Å². The van der Waals surface area contributed by atoms with Crippen LogP contribution in [-0.2, 0) is 16.1 Å². The lowest BCUT2D eigenvalue weighted by atomic mass is 10.0. The third-order valence-corrected chi connectivity index (χ3v) is 6.78. The van der Waals surface area contributed by atoms with E-state index < -0.39 is 11.8 Å². The predicted molar refractivity (Wildman–Crippen MR) is 150 cm³/mol. The van der Waals surface area contributed by atoms with Gasteiger partial charge in [0, 0.05) is 29.2 Å². The van der Waals surface area contributed by atoms with Crippen molar-refractivity contribution in [3.05, 3.63) is 101 Å². The Morgan fingerprint density at radius 3 is 1.83 bits per heavy atom. The van der Waals surface area contributed by atoms with Gasteiger partial charge >= 0.3 is 0 Å². The zero-order chi connectivity index (χ0) is 25.4. The number of benzene rings is 3. The zero-order valence-electron chi connectivity index (χ0n) is 20.6. The summed E-state index contributed by atoms with van der Waals surface area (Å²) in [6.07, 6.45) is 4.70. The van der Waals surface area contributed by atoms with E-state index in [9.17, 15) is 9.59 Å². The van der Waals surface area contributed by atoms with Gasteiger partial charge in [-0.25, -0.2) is 0 Å². The van der Waals surface area contributed by atoms with Crippen LogP contribution in [-0.4, -0.2) is 21.5 Å². The molecule has 0 unspecified atom stereocenters. The molecule has 0 saturated carbocycles. The molecule has 1 fully saturated rings. The van der Waals surface area contributed by atoms with Crippen LogP contribution in [0.1, 0.15) is 30.0 Å². The number of rotatable bonds is 5. The lowest BCUT2D eigenvalue weighted by molar-refractivity contribution is -0.120. The molecule has 5 rings (SSSR count). The van der Waals surface area contributed by atoms with Gasteiger partial charge in [-0.05, 0) is 68.9 Å². The molecule has 5 nitrogen and oxygen atoms in total. The summed E-state index contributed by atoms with van der Waals surface area (Å²) >= 11 is 5.74. The summed E-state index contributed by atoms with van der Waals surface area (Å²) < 4.78 is 2.17. The fourth-order valence-electron chi connectivity index (χ4n) is 4.54. The molecule has 1 aromatic heterocycles. The summed E-state index contributed by atoms with van der Waals surface area (Å²) in [7, 11) is 0. The number of amides is 2. The zero-order valence-corrected chi connectivity index (χ0v) is 21.4. The predicted octanol–water partition coefficient (Wildman–Crippen LogP) is 6.42. The summed E-state index contributed by atoms with van der Waals surface area (Å²) in [5, 5.41) is 1.14. The minimum Gasteiger partial charge on any atom is -0.347 e. The first kappa shape index (κ1) is 23.7. The lowest BCUT2D eigenvalue weighted by Gasteiger charge is -2.36. The normalized spacial score (nSPS) is 14.2. The van der Waals surface area contributed by atoms with E-state index in [-0.39, 0.29) is 10.7 Å². The van der Waals surface area contributed by atoms with Crippen LogP contribution < -0.4 is 9.80 Å². The van der Waals surface area contributed by atoms with Crippen molar-refractivity contribution in [2.45, 2.75) is 33.7 Å². The Bertz CT molecular complexity index is 1440. The van der Waals surface area contributed by atoms with Crippen LogP contribution in [0.15, 0.2) is 84.6 Å². The number of thiocarbonyl (C=S) groups is 1. The highest BCUT2D eigenvalue weighted by Crippen LogP contribution is 2.32. The number of para-hydroxylation sites is 1. The van der Waals surface area contributed by atoms with Gasteiger partial charge in [0.15, 0.2) is 5.11 Å². The molecule has 6 heteroatoms. The van der Waals surface area contributed by atoms with Crippen LogP contribution in [0.3, 0.4) is 0 Å². The standard InChI is InChI=1S/C30H27N3O2S/c1-4-17-31-19-22(25-7-5-6-8-27(25)31)18-26-28(34)32(23-13-9-20(2)10-14-23)30(36)33(29(26)35)24-15-11-21(3)12-16-24/h5-16,18-19H,4,17H2,1-3H3. The Hall–Kier alpha value is -4.03. The molecule has 2 amide bonds. The molecule has 0 atom stereocenters. The second-order valence-corrected chi connectivity index (χ2v) is 9.45. The quantitative estimate of drug-likeness (QED) is 0.183. The first-order valence-electron chi connectivity index (χ1n) is 12.0. The van der Waals surface area contributed by atoms with Gasteiger partial charge in [-0.2, -0.15) is 0 Å². The summed E-state index contributed by atoms with van der Waals surface area (Å²) in [5.41, 5.74) is 5.36. The third-order valence-electron chi connectivity index (χ3n) is 6.42. The molecular formula is C30H27N3O2S. The Balaban J connectivity index is 1.69. The van der Waals surface area contributed by atoms with Gasteiger partial charge in [-0.1, -0.05) is 60.5 Å². The van der Waals surface area contributed by atoms with E-state index in [1.165, 1.54) is 9.80 Å². The Morgan fingerprint density at radius 2 is 1.31 bits per heavy atom. The molecule has 2 heterocycles. The number of aromatic nitrogens is 1. The summed E-state index contributed by atoms with van der Waals surface area (Å²) in [5.74, 6) is -0.853. The van der Waals surface area contributed by atoms with E-state index in [0.29, 0.717) is 11.4 Å². The van der Waals surface area contributed by atoms with Crippen molar-refractivity contribution in [3.8, 4) is 0 Å². The van der Waals surface area contributed by atoms with Crippen molar-refractivity contribution >= 4 is 57.5 Å². The molecule has 0 bridgehead atoms. The highest BCUT2D eigenvalue weighted by Gasteiger charge is 2.41. The summed E-state index contributed by atoms with van der Waals surface area (Å²) in [4.78, 5) is 30.6. The molecule has 0 radical (unpaired) electrons. The number of anilines is 2. The van der Waals surface area contributed by atoms with E-state index in [2.05, 4.69) is 17.6 Å². The maximum absolute atomic E-state index is 13.9. The Kier molecular flexibility index (Phi) is 6.29. The van der Waals surface area contributed by atoms with Crippen LogP contribution >= 0.6 is 12.2 Å². The van der Waals surface area contributed by atoms with Gasteiger partial charge in [0.1, 0.15) is 5.57 Å². The highest BCUT2D eigenvalue weighted by atomic mass is 32.1. The van der Waals surface area contributed by atoms with Crippen molar-refractivity contribution < 1.29 is 9.59 Å². The van der Waals surface area contributed by atoms with Crippen molar-refractivity contribution in [1.82, 2.24) is 4.57 Å². The average Bonchev–Trinajstić information content (AvgIpc) is 3.22. The first-order valence-corrected chi connectivity index (χ1v) is 12.5. The van der Waals surface area contributed by atoms with Crippen LogP contribution in [0, 0.1) is 13.8 Å². The van der Waals surface area contributed by atoms with Crippen LogP contribution in [0.25, 0.3) is 17.0 Å². The summed E-state index contributed by atoms with van der Waals surface area (Å²) in [6.45, 7) is 6.95. The Labute approximate surface area is 216 Å². The topological polar surface area (TPSA) is 45.6 Å². The van der Waals surface area contributed by atoms with E-state index in [4.69, 9.17) is 12.2 Å². The van der Waals surface area contributed by atoms with Gasteiger partial charge in [-0.15, -0.1) is 0 Å². The number of aryl methyl sites for hydroxylation is 3. The Morgan fingerprint density at radius 1 is 0.778 bits per heavy atom. The smallest absolute Gasteiger partial charge is 0.270 e. The largest absolute Gasteiger partial charge is 0.347 e. The van der Waals surface area contributed by atoms with E-state index in [1.54, 1.807) is 6.08 Å². The second kappa shape index (κ2) is 9.55. The number of hydrogen-bond acceptors (Lipinski definition) is 3. The van der Waals surface area contributed by atoms with Crippen molar-refractivity contribution in [3.63, 3.8) is 0 Å². The van der Waals surface area contributed by atoms with Gasteiger partial charge in [0.25, 0.3) is 11.8 Å². The van der Waals surface area contributed by atoms with Gasteiger partial charge < -0.3 is 4.57 Å². The molecule has 36 heavy (non-hydrogen) atoms. The van der Waals surface area contributed by atoms with Crippen molar-refractivity contribution in [2.24, 2.45) is 0 Å². The molecule has 0 aliphatic carbocycles. The lowest BCUT2D eigenvalue weighted by Crippen LogP contribution is -2.56. The maximum Gasteiger partial charge on any atom is 0.270 e. The minimum atomic E-state index is -0.426.